The van der Waals surface area contributed by atoms with E-state index in [0.717, 1.165) is 10.7 Å². The van der Waals surface area contributed by atoms with Crippen LogP contribution in [-0.2, 0) is 21.2 Å². The van der Waals surface area contributed by atoms with E-state index in [1.165, 1.54) is 29.8 Å². The Morgan fingerprint density at radius 3 is 2.16 bits per heavy atom. The lowest BCUT2D eigenvalue weighted by atomic mass is 10.1. The molecule has 0 aliphatic rings. The predicted octanol–water partition coefficient (Wildman–Crippen LogP) is 3.55. The number of carbonyl (C=O) groups excluding carboxylic acids is 1. The molecule has 0 atom stereocenters. The summed E-state index contributed by atoms with van der Waals surface area (Å²) in [4.78, 5) is 12.3. The van der Waals surface area contributed by atoms with Crippen LogP contribution in [0.4, 0.5) is 5.69 Å². The number of hydrogen-bond acceptors (Lipinski definition) is 3. The smallest absolute Gasteiger partial charge is 0.243 e. The van der Waals surface area contributed by atoms with Crippen LogP contribution in [0.3, 0.4) is 0 Å². The molecule has 0 saturated heterocycles. The Morgan fingerprint density at radius 2 is 1.64 bits per heavy atom. The van der Waals surface area contributed by atoms with E-state index >= 15 is 0 Å². The number of sulfonamides is 1. The van der Waals surface area contributed by atoms with Crippen molar-refractivity contribution in [1.29, 1.82) is 0 Å². The molecule has 1 amide bonds. The maximum Gasteiger partial charge on any atom is 0.243 e. The van der Waals surface area contributed by atoms with Gasteiger partial charge in [0.25, 0.3) is 0 Å². The normalized spacial score (nSPS) is 11.5. The molecule has 1 N–H and O–H groups in total. The van der Waals surface area contributed by atoms with E-state index in [9.17, 15) is 13.2 Å². The molecule has 0 aromatic heterocycles. The maximum atomic E-state index is 12.6. The van der Waals surface area contributed by atoms with Gasteiger partial charge in [-0.3, -0.25) is 4.79 Å². The molecular formula is C18H21ClN2O3S. The number of carbonyl (C=O) groups is 1. The molecule has 0 heterocycles. The highest BCUT2D eigenvalue weighted by atomic mass is 35.5. The molecule has 0 bridgehead atoms. The third-order valence-electron chi connectivity index (χ3n) is 3.77. The lowest BCUT2D eigenvalue weighted by Gasteiger charge is -2.20. The average Bonchev–Trinajstić information content (AvgIpc) is 2.60. The third-order valence-corrected chi connectivity index (χ3v) is 5.96. The summed E-state index contributed by atoms with van der Waals surface area (Å²) in [6.07, 6.45) is 0.914. The van der Waals surface area contributed by atoms with Crippen LogP contribution in [0.15, 0.2) is 53.4 Å². The number of anilines is 1. The molecule has 0 saturated carbocycles. The third kappa shape index (κ3) is 5.04. The van der Waals surface area contributed by atoms with Gasteiger partial charge in [-0.05, 0) is 48.4 Å². The van der Waals surface area contributed by atoms with Crippen molar-refractivity contribution in [2.75, 3.05) is 18.4 Å². The molecule has 5 nitrogen and oxygen atoms in total. The number of nitrogens with one attached hydrogen (secondary N) is 1. The molecule has 2 aromatic carbocycles. The lowest BCUT2D eigenvalue weighted by Crippen LogP contribution is -2.37. The van der Waals surface area contributed by atoms with Crippen LogP contribution in [0.25, 0.3) is 0 Å². The first-order chi connectivity index (χ1) is 11.9. The minimum atomic E-state index is -3.75. The molecule has 0 aliphatic carbocycles. The predicted molar refractivity (Wildman–Crippen MR) is 100 cm³/mol. The van der Waals surface area contributed by atoms with Crippen molar-refractivity contribution in [3.8, 4) is 0 Å². The summed E-state index contributed by atoms with van der Waals surface area (Å²) < 4.78 is 26.4. The van der Waals surface area contributed by atoms with Gasteiger partial charge in [-0.25, -0.2) is 8.42 Å². The molecular weight excluding hydrogens is 360 g/mol. The second-order valence-electron chi connectivity index (χ2n) is 5.48. The molecule has 2 aromatic rings. The zero-order chi connectivity index (χ0) is 18.4. The van der Waals surface area contributed by atoms with Crippen LogP contribution in [0.5, 0.6) is 0 Å². The lowest BCUT2D eigenvalue weighted by molar-refractivity contribution is -0.116. The van der Waals surface area contributed by atoms with Crippen LogP contribution >= 0.6 is 11.6 Å². The van der Waals surface area contributed by atoms with Gasteiger partial charge < -0.3 is 5.32 Å². The fourth-order valence-electron chi connectivity index (χ4n) is 2.31. The van der Waals surface area contributed by atoms with Gasteiger partial charge in [-0.1, -0.05) is 37.6 Å². The number of amides is 1. The highest BCUT2D eigenvalue weighted by Crippen LogP contribution is 2.18. The van der Waals surface area contributed by atoms with Crippen molar-refractivity contribution in [1.82, 2.24) is 4.31 Å². The van der Waals surface area contributed by atoms with Crippen LogP contribution < -0.4 is 5.32 Å². The summed E-state index contributed by atoms with van der Waals surface area (Å²) >= 11 is 5.80. The monoisotopic (exact) mass is 380 g/mol. The Labute approximate surface area is 153 Å². The summed E-state index contributed by atoms with van der Waals surface area (Å²) in [7, 11) is -3.75. The quantitative estimate of drug-likeness (QED) is 0.798. The molecule has 0 fully saturated rings. The number of hydrogen-bond donors (Lipinski definition) is 1. The van der Waals surface area contributed by atoms with Gasteiger partial charge in [0, 0.05) is 17.3 Å². The van der Waals surface area contributed by atoms with Gasteiger partial charge in [0.15, 0.2) is 0 Å². The SMILES string of the molecule is CCc1ccc(NC(=O)CN(CC)S(=O)(=O)c2ccc(Cl)cc2)cc1. The highest BCUT2D eigenvalue weighted by molar-refractivity contribution is 7.89. The Kier molecular flexibility index (Phi) is 6.58. The number of likely N-dealkylation sites (N-methyl/N-ethyl adjacent to an activating group) is 1. The van der Waals surface area contributed by atoms with Gasteiger partial charge in [0.1, 0.15) is 0 Å². The number of nitrogens with zero attached hydrogens (tertiary/aromatic N) is 1. The molecule has 2 rings (SSSR count). The van der Waals surface area contributed by atoms with Crippen molar-refractivity contribution in [3.05, 3.63) is 59.1 Å². The minimum Gasteiger partial charge on any atom is -0.325 e. The Bertz CT molecular complexity index is 818. The molecule has 7 heteroatoms. The first-order valence-electron chi connectivity index (χ1n) is 8.01. The largest absolute Gasteiger partial charge is 0.325 e. The zero-order valence-corrected chi connectivity index (χ0v) is 15.8. The fourth-order valence-corrected chi connectivity index (χ4v) is 3.84. The number of aryl methyl sites for hydroxylation is 1. The van der Waals surface area contributed by atoms with E-state index in [1.54, 1.807) is 19.1 Å². The van der Waals surface area contributed by atoms with E-state index in [2.05, 4.69) is 5.32 Å². The molecule has 25 heavy (non-hydrogen) atoms. The summed E-state index contributed by atoms with van der Waals surface area (Å²) in [6.45, 7) is 3.68. The first-order valence-corrected chi connectivity index (χ1v) is 9.83. The second-order valence-corrected chi connectivity index (χ2v) is 7.86. The molecule has 134 valence electrons. The number of benzene rings is 2. The number of rotatable bonds is 7. The average molecular weight is 381 g/mol. The van der Waals surface area contributed by atoms with Crippen LogP contribution in [0.1, 0.15) is 19.4 Å². The van der Waals surface area contributed by atoms with E-state index in [4.69, 9.17) is 11.6 Å². The van der Waals surface area contributed by atoms with Crippen molar-refractivity contribution in [3.63, 3.8) is 0 Å². The van der Waals surface area contributed by atoms with Gasteiger partial charge >= 0.3 is 0 Å². The summed E-state index contributed by atoms with van der Waals surface area (Å²) in [6, 6.07) is 13.4. The standard InChI is InChI=1S/C18H21ClN2O3S/c1-3-14-5-9-16(10-6-14)20-18(22)13-21(4-2)25(23,24)17-11-7-15(19)8-12-17/h5-12H,3-4,13H2,1-2H3,(H,20,22). The first kappa shape index (κ1) is 19.4. The minimum absolute atomic E-state index is 0.110. The Hall–Kier alpha value is -1.89. The van der Waals surface area contributed by atoms with Crippen molar-refractivity contribution in [2.24, 2.45) is 0 Å². The molecule has 0 spiro atoms. The van der Waals surface area contributed by atoms with E-state index in [0.29, 0.717) is 10.7 Å². The van der Waals surface area contributed by atoms with Crippen LogP contribution in [0, 0.1) is 0 Å². The van der Waals surface area contributed by atoms with E-state index in [1.807, 2.05) is 19.1 Å². The van der Waals surface area contributed by atoms with Gasteiger partial charge in [-0.2, -0.15) is 4.31 Å². The summed E-state index contributed by atoms with van der Waals surface area (Å²) in [5, 5.41) is 3.18. The molecule has 0 radical (unpaired) electrons. The maximum absolute atomic E-state index is 12.6. The van der Waals surface area contributed by atoms with E-state index < -0.39 is 10.0 Å². The topological polar surface area (TPSA) is 66.5 Å². The fraction of sp³-hybridized carbons (Fsp3) is 0.278. The van der Waals surface area contributed by atoms with E-state index in [-0.39, 0.29) is 23.9 Å². The number of halogens is 1. The summed E-state index contributed by atoms with van der Waals surface area (Å²) in [5.74, 6) is -0.386. The Morgan fingerprint density at radius 1 is 1.04 bits per heavy atom. The van der Waals surface area contributed by atoms with Gasteiger partial charge in [0.05, 0.1) is 11.4 Å². The summed E-state index contributed by atoms with van der Waals surface area (Å²) in [5.41, 5.74) is 1.81. The van der Waals surface area contributed by atoms with Crippen LogP contribution in [0.2, 0.25) is 5.02 Å². The zero-order valence-electron chi connectivity index (χ0n) is 14.2. The van der Waals surface area contributed by atoms with Gasteiger partial charge in [-0.15, -0.1) is 0 Å². The molecule has 0 aliphatic heterocycles. The van der Waals surface area contributed by atoms with Crippen molar-refractivity contribution in [2.45, 2.75) is 25.2 Å². The van der Waals surface area contributed by atoms with Crippen LogP contribution in [-0.4, -0.2) is 31.7 Å². The van der Waals surface area contributed by atoms with Crippen molar-refractivity contribution >= 4 is 33.2 Å². The van der Waals surface area contributed by atoms with Gasteiger partial charge in [0.2, 0.25) is 15.9 Å². The second kappa shape index (κ2) is 8.47. The Balaban J connectivity index is 2.09. The highest BCUT2D eigenvalue weighted by Gasteiger charge is 2.25. The van der Waals surface area contributed by atoms with Crippen molar-refractivity contribution < 1.29 is 13.2 Å². The molecule has 0 unspecified atom stereocenters.